The molecule has 0 amide bonds. The molecule has 0 unspecified atom stereocenters. The standard InChI is InChI=1S/C9H19N5O/c1-3-11-9-13-12-8(14(9)4-2)7-15-6-5-10/h3-7,10H2,1-2H3,(H,11,13). The van der Waals surface area contributed by atoms with Crippen LogP contribution in [0, 0.1) is 0 Å². The van der Waals surface area contributed by atoms with Crippen molar-refractivity contribution in [3.63, 3.8) is 0 Å². The third-order valence-electron chi connectivity index (χ3n) is 1.97. The van der Waals surface area contributed by atoms with E-state index in [2.05, 4.69) is 22.4 Å². The molecule has 0 atom stereocenters. The molecule has 86 valence electrons. The van der Waals surface area contributed by atoms with E-state index in [1.54, 1.807) is 0 Å². The van der Waals surface area contributed by atoms with Gasteiger partial charge in [0.15, 0.2) is 5.82 Å². The highest BCUT2D eigenvalue weighted by Crippen LogP contribution is 2.08. The molecule has 1 heterocycles. The van der Waals surface area contributed by atoms with Crippen LogP contribution in [0.4, 0.5) is 5.95 Å². The second kappa shape index (κ2) is 6.36. The molecule has 0 aliphatic heterocycles. The maximum Gasteiger partial charge on any atom is 0.224 e. The summed E-state index contributed by atoms with van der Waals surface area (Å²) < 4.78 is 7.33. The van der Waals surface area contributed by atoms with Gasteiger partial charge in [0.1, 0.15) is 6.61 Å². The first-order valence-electron chi connectivity index (χ1n) is 5.27. The van der Waals surface area contributed by atoms with Gasteiger partial charge in [-0.1, -0.05) is 0 Å². The summed E-state index contributed by atoms with van der Waals surface area (Å²) in [4.78, 5) is 0. The third-order valence-corrected chi connectivity index (χ3v) is 1.97. The summed E-state index contributed by atoms with van der Waals surface area (Å²) in [7, 11) is 0. The van der Waals surface area contributed by atoms with Crippen molar-refractivity contribution in [1.29, 1.82) is 0 Å². The molecular weight excluding hydrogens is 194 g/mol. The summed E-state index contributed by atoms with van der Waals surface area (Å²) in [6, 6.07) is 0. The molecule has 0 aliphatic rings. The average molecular weight is 213 g/mol. The van der Waals surface area contributed by atoms with Crippen molar-refractivity contribution in [2.24, 2.45) is 5.73 Å². The largest absolute Gasteiger partial charge is 0.372 e. The van der Waals surface area contributed by atoms with Crippen LogP contribution in [0.3, 0.4) is 0 Å². The van der Waals surface area contributed by atoms with Crippen molar-refractivity contribution in [1.82, 2.24) is 14.8 Å². The molecule has 0 saturated carbocycles. The highest BCUT2D eigenvalue weighted by atomic mass is 16.5. The SMILES string of the molecule is CCNc1nnc(COCCN)n1CC. The molecule has 0 radical (unpaired) electrons. The van der Waals surface area contributed by atoms with Crippen LogP contribution in [0.15, 0.2) is 0 Å². The van der Waals surface area contributed by atoms with Crippen molar-refractivity contribution < 1.29 is 4.74 Å². The van der Waals surface area contributed by atoms with Crippen LogP contribution in [-0.2, 0) is 17.9 Å². The molecule has 0 aliphatic carbocycles. The van der Waals surface area contributed by atoms with Crippen molar-refractivity contribution >= 4 is 5.95 Å². The fraction of sp³-hybridized carbons (Fsp3) is 0.778. The van der Waals surface area contributed by atoms with Crippen LogP contribution >= 0.6 is 0 Å². The van der Waals surface area contributed by atoms with Gasteiger partial charge in [-0.2, -0.15) is 0 Å². The number of aromatic nitrogens is 3. The summed E-state index contributed by atoms with van der Waals surface area (Å²) in [6.07, 6.45) is 0. The molecule has 6 nitrogen and oxygen atoms in total. The van der Waals surface area contributed by atoms with E-state index in [1.807, 2.05) is 11.5 Å². The van der Waals surface area contributed by atoms with Gasteiger partial charge in [-0.25, -0.2) is 0 Å². The minimum Gasteiger partial charge on any atom is -0.372 e. The van der Waals surface area contributed by atoms with Crippen LogP contribution in [0.25, 0.3) is 0 Å². The molecule has 1 aromatic rings. The predicted octanol–water partition coefficient (Wildman–Crippen LogP) is 0.205. The Hall–Kier alpha value is -1.14. The van der Waals surface area contributed by atoms with E-state index in [0.29, 0.717) is 19.8 Å². The molecule has 1 aromatic heterocycles. The topological polar surface area (TPSA) is 78.0 Å². The zero-order valence-electron chi connectivity index (χ0n) is 9.36. The smallest absolute Gasteiger partial charge is 0.224 e. The quantitative estimate of drug-likeness (QED) is 0.633. The van der Waals surface area contributed by atoms with Gasteiger partial charge in [0.2, 0.25) is 5.95 Å². The molecule has 0 aromatic carbocycles. The average Bonchev–Trinajstić information content (AvgIpc) is 2.62. The lowest BCUT2D eigenvalue weighted by molar-refractivity contribution is 0.120. The van der Waals surface area contributed by atoms with Gasteiger partial charge >= 0.3 is 0 Å². The Labute approximate surface area is 89.8 Å². The Balaban J connectivity index is 2.62. The fourth-order valence-corrected chi connectivity index (χ4v) is 1.31. The van der Waals surface area contributed by atoms with Crippen LogP contribution in [0.5, 0.6) is 0 Å². The van der Waals surface area contributed by atoms with E-state index in [1.165, 1.54) is 0 Å². The molecule has 0 fully saturated rings. The summed E-state index contributed by atoms with van der Waals surface area (Å²) in [5.74, 6) is 1.63. The second-order valence-corrected chi connectivity index (χ2v) is 3.06. The number of hydrogen-bond acceptors (Lipinski definition) is 5. The highest BCUT2D eigenvalue weighted by Gasteiger charge is 2.09. The zero-order chi connectivity index (χ0) is 11.1. The first kappa shape index (κ1) is 11.9. The number of ether oxygens (including phenoxy) is 1. The van der Waals surface area contributed by atoms with Crippen molar-refractivity contribution in [2.75, 3.05) is 25.0 Å². The Kier molecular flexibility index (Phi) is 5.06. The predicted molar refractivity (Wildman–Crippen MR) is 58.6 cm³/mol. The van der Waals surface area contributed by atoms with Gasteiger partial charge in [0, 0.05) is 19.6 Å². The first-order chi connectivity index (χ1) is 7.33. The number of nitrogens with zero attached hydrogens (tertiary/aromatic N) is 3. The summed E-state index contributed by atoms with van der Waals surface area (Å²) in [5.41, 5.74) is 5.34. The first-order valence-corrected chi connectivity index (χ1v) is 5.27. The second-order valence-electron chi connectivity index (χ2n) is 3.06. The molecular formula is C9H19N5O. The van der Waals surface area contributed by atoms with Gasteiger partial charge in [0.05, 0.1) is 6.61 Å². The van der Waals surface area contributed by atoms with Gasteiger partial charge in [-0.05, 0) is 13.8 Å². The van der Waals surface area contributed by atoms with Gasteiger partial charge < -0.3 is 15.8 Å². The molecule has 0 bridgehead atoms. The summed E-state index contributed by atoms with van der Waals surface area (Å²) in [6.45, 7) is 7.28. The van der Waals surface area contributed by atoms with Gasteiger partial charge in [-0.15, -0.1) is 10.2 Å². The van der Waals surface area contributed by atoms with E-state index in [4.69, 9.17) is 10.5 Å². The van der Waals surface area contributed by atoms with E-state index in [9.17, 15) is 0 Å². The maximum absolute atomic E-state index is 5.34. The number of hydrogen-bond donors (Lipinski definition) is 2. The van der Waals surface area contributed by atoms with Crippen LogP contribution < -0.4 is 11.1 Å². The zero-order valence-corrected chi connectivity index (χ0v) is 9.36. The van der Waals surface area contributed by atoms with Gasteiger partial charge in [-0.3, -0.25) is 4.57 Å². The third kappa shape index (κ3) is 3.17. The number of anilines is 1. The Bertz CT molecular complexity index is 286. The normalized spacial score (nSPS) is 10.6. The Morgan fingerprint density at radius 1 is 1.40 bits per heavy atom. The number of nitrogens with one attached hydrogen (secondary N) is 1. The Morgan fingerprint density at radius 3 is 2.80 bits per heavy atom. The number of nitrogens with two attached hydrogens (primary N) is 1. The lowest BCUT2D eigenvalue weighted by Crippen LogP contribution is -2.12. The molecule has 0 saturated heterocycles. The summed E-state index contributed by atoms with van der Waals surface area (Å²) in [5, 5.41) is 11.3. The minimum absolute atomic E-state index is 0.462. The molecule has 3 N–H and O–H groups in total. The van der Waals surface area contributed by atoms with Crippen molar-refractivity contribution in [3.05, 3.63) is 5.82 Å². The van der Waals surface area contributed by atoms with Crippen LogP contribution in [0.1, 0.15) is 19.7 Å². The molecule has 1 rings (SSSR count). The Morgan fingerprint density at radius 2 is 2.20 bits per heavy atom. The highest BCUT2D eigenvalue weighted by molar-refractivity contribution is 5.25. The van der Waals surface area contributed by atoms with Gasteiger partial charge in [0.25, 0.3) is 0 Å². The fourth-order valence-electron chi connectivity index (χ4n) is 1.31. The van der Waals surface area contributed by atoms with Crippen LogP contribution in [0.2, 0.25) is 0 Å². The minimum atomic E-state index is 0.462. The molecule has 6 heteroatoms. The lowest BCUT2D eigenvalue weighted by atomic mass is 10.5. The monoisotopic (exact) mass is 213 g/mol. The molecule has 15 heavy (non-hydrogen) atoms. The van der Waals surface area contributed by atoms with Crippen molar-refractivity contribution in [3.8, 4) is 0 Å². The lowest BCUT2D eigenvalue weighted by Gasteiger charge is -2.07. The van der Waals surface area contributed by atoms with E-state index >= 15 is 0 Å². The van der Waals surface area contributed by atoms with E-state index < -0.39 is 0 Å². The summed E-state index contributed by atoms with van der Waals surface area (Å²) >= 11 is 0. The van der Waals surface area contributed by atoms with Crippen molar-refractivity contribution in [2.45, 2.75) is 27.0 Å². The number of rotatable bonds is 7. The van der Waals surface area contributed by atoms with E-state index in [-0.39, 0.29) is 0 Å². The van der Waals surface area contributed by atoms with Crippen LogP contribution in [-0.4, -0.2) is 34.5 Å². The van der Waals surface area contributed by atoms with E-state index in [0.717, 1.165) is 24.9 Å². The maximum atomic E-state index is 5.34. The molecule has 0 spiro atoms.